The van der Waals surface area contributed by atoms with Gasteiger partial charge in [0.15, 0.2) is 11.5 Å². The normalized spacial score (nSPS) is 15.3. The van der Waals surface area contributed by atoms with Crippen LogP contribution in [0.25, 0.3) is 0 Å². The van der Waals surface area contributed by atoms with Crippen molar-refractivity contribution in [2.24, 2.45) is 5.10 Å². The zero-order valence-electron chi connectivity index (χ0n) is 20.4. The molecule has 0 radical (unpaired) electrons. The Morgan fingerprint density at radius 3 is 2.47 bits per heavy atom. The predicted molar refractivity (Wildman–Crippen MR) is 142 cm³/mol. The van der Waals surface area contributed by atoms with Crippen molar-refractivity contribution in [1.29, 1.82) is 0 Å². The van der Waals surface area contributed by atoms with Gasteiger partial charge in [0, 0.05) is 29.2 Å². The summed E-state index contributed by atoms with van der Waals surface area (Å²) in [6.07, 6.45) is 3.92. The zero-order chi connectivity index (χ0) is 25.5. The van der Waals surface area contributed by atoms with Gasteiger partial charge in [0.2, 0.25) is 0 Å². The van der Waals surface area contributed by atoms with Gasteiger partial charge in [-0.05, 0) is 61.4 Å². The lowest BCUT2D eigenvalue weighted by Crippen LogP contribution is -2.34. The number of hydrogen-bond donors (Lipinski definition) is 1. The van der Waals surface area contributed by atoms with Crippen molar-refractivity contribution in [2.75, 3.05) is 19.0 Å². The maximum atomic E-state index is 12.9. The Morgan fingerprint density at radius 1 is 1.06 bits per heavy atom. The number of aromatic nitrogens is 1. The van der Waals surface area contributed by atoms with Gasteiger partial charge in [0.05, 0.1) is 31.2 Å². The second kappa shape index (κ2) is 11.7. The zero-order valence-corrected chi connectivity index (χ0v) is 21.2. The number of pyridine rings is 1. The van der Waals surface area contributed by atoms with Gasteiger partial charge < -0.3 is 14.8 Å². The molecule has 0 fully saturated rings. The molecule has 8 nitrogen and oxygen atoms in total. The van der Waals surface area contributed by atoms with E-state index in [1.54, 1.807) is 31.6 Å². The minimum absolute atomic E-state index is 0.0533. The number of hydrazone groups is 1. The van der Waals surface area contributed by atoms with E-state index in [1.165, 1.54) is 16.8 Å². The van der Waals surface area contributed by atoms with E-state index in [9.17, 15) is 9.59 Å². The summed E-state index contributed by atoms with van der Waals surface area (Å²) in [4.78, 5) is 29.2. The number of nitrogens with one attached hydrogen (secondary N) is 1. The van der Waals surface area contributed by atoms with Crippen molar-refractivity contribution < 1.29 is 19.1 Å². The number of nitrogens with zero attached hydrogens (tertiary/aromatic N) is 3. The molecule has 0 spiro atoms. The van der Waals surface area contributed by atoms with Gasteiger partial charge in [-0.15, -0.1) is 0 Å². The highest BCUT2D eigenvalue weighted by Gasteiger charge is 2.30. The van der Waals surface area contributed by atoms with E-state index in [1.807, 2.05) is 56.3 Å². The number of ether oxygens (including phenoxy) is 2. The van der Waals surface area contributed by atoms with Crippen LogP contribution in [-0.4, -0.2) is 45.8 Å². The van der Waals surface area contributed by atoms with E-state index in [4.69, 9.17) is 14.6 Å². The van der Waals surface area contributed by atoms with Crippen LogP contribution >= 0.6 is 11.8 Å². The average Bonchev–Trinajstić information content (AvgIpc) is 2.91. The molecule has 0 aliphatic carbocycles. The molecule has 1 aromatic heterocycles. The van der Waals surface area contributed by atoms with Crippen molar-refractivity contribution in [3.8, 4) is 11.5 Å². The van der Waals surface area contributed by atoms with Gasteiger partial charge >= 0.3 is 5.24 Å². The fourth-order valence-electron chi connectivity index (χ4n) is 3.77. The minimum atomic E-state index is -0.210. The number of anilines is 1. The van der Waals surface area contributed by atoms with Gasteiger partial charge in [0.1, 0.15) is 0 Å². The van der Waals surface area contributed by atoms with E-state index in [0.29, 0.717) is 35.9 Å². The first-order chi connectivity index (χ1) is 17.5. The van der Waals surface area contributed by atoms with Gasteiger partial charge in [-0.3, -0.25) is 14.6 Å². The van der Waals surface area contributed by atoms with Crippen LogP contribution in [0.1, 0.15) is 41.8 Å². The number of methoxy groups -OCH3 is 1. The molecule has 0 bridgehead atoms. The molecule has 4 rings (SSSR count). The number of thioether (sulfide) groups is 1. The molecule has 2 aromatic carbocycles. The Kier molecular flexibility index (Phi) is 8.22. The molecule has 1 N–H and O–H groups in total. The maximum absolute atomic E-state index is 12.9. The van der Waals surface area contributed by atoms with Crippen molar-refractivity contribution in [3.05, 3.63) is 83.7 Å². The highest BCUT2D eigenvalue weighted by Crippen LogP contribution is 2.34. The lowest BCUT2D eigenvalue weighted by molar-refractivity contribution is 0.102. The standard InChI is InChI=1S/C27H28N4O4S/c1-4-24-25(20-8-11-22(34-3)23(16-20)35-5-2)30-31(27(33)36-24)17-18-6-9-21(10-7-18)29-26(32)19-12-14-28-15-13-19/h6-16,24H,4-5,17H2,1-3H3,(H,29,32). The summed E-state index contributed by atoms with van der Waals surface area (Å²) in [6, 6.07) is 16.4. The molecule has 186 valence electrons. The first-order valence-electron chi connectivity index (χ1n) is 11.7. The second-order valence-corrected chi connectivity index (χ2v) is 9.16. The molecular weight excluding hydrogens is 476 g/mol. The van der Waals surface area contributed by atoms with Crippen molar-refractivity contribution in [3.63, 3.8) is 0 Å². The van der Waals surface area contributed by atoms with Crippen LogP contribution < -0.4 is 14.8 Å². The Balaban J connectivity index is 1.52. The number of benzene rings is 2. The van der Waals surface area contributed by atoms with Gasteiger partial charge in [-0.2, -0.15) is 5.10 Å². The summed E-state index contributed by atoms with van der Waals surface area (Å²) in [5.74, 6) is 1.09. The van der Waals surface area contributed by atoms with Crippen LogP contribution in [0.2, 0.25) is 0 Å². The molecule has 1 aliphatic rings. The molecule has 2 heterocycles. The molecule has 0 saturated heterocycles. The smallest absolute Gasteiger partial charge is 0.302 e. The van der Waals surface area contributed by atoms with E-state index in [0.717, 1.165) is 23.3 Å². The molecule has 36 heavy (non-hydrogen) atoms. The summed E-state index contributed by atoms with van der Waals surface area (Å²) in [5.41, 5.74) is 3.81. The molecular formula is C27H28N4O4S. The van der Waals surface area contributed by atoms with E-state index in [2.05, 4.69) is 10.3 Å². The van der Waals surface area contributed by atoms with Crippen LogP contribution in [0.3, 0.4) is 0 Å². The molecule has 9 heteroatoms. The van der Waals surface area contributed by atoms with Crippen molar-refractivity contribution in [1.82, 2.24) is 9.99 Å². The molecule has 2 amide bonds. The number of rotatable bonds is 9. The molecule has 0 saturated carbocycles. The molecule has 1 atom stereocenters. The van der Waals surface area contributed by atoms with Gasteiger partial charge in [-0.25, -0.2) is 5.01 Å². The minimum Gasteiger partial charge on any atom is -0.493 e. The Hall–Kier alpha value is -3.85. The molecule has 3 aromatic rings. The molecule has 1 unspecified atom stereocenters. The highest BCUT2D eigenvalue weighted by molar-refractivity contribution is 8.14. The first-order valence-corrected chi connectivity index (χ1v) is 12.6. The largest absolute Gasteiger partial charge is 0.493 e. The second-order valence-electron chi connectivity index (χ2n) is 8.01. The lowest BCUT2D eigenvalue weighted by Gasteiger charge is -2.28. The van der Waals surface area contributed by atoms with E-state index in [-0.39, 0.29) is 16.4 Å². The summed E-state index contributed by atoms with van der Waals surface area (Å²) < 4.78 is 11.1. The van der Waals surface area contributed by atoms with Crippen LogP contribution in [0, 0.1) is 0 Å². The Morgan fingerprint density at radius 2 is 1.81 bits per heavy atom. The quantitative estimate of drug-likeness (QED) is 0.408. The van der Waals surface area contributed by atoms with E-state index >= 15 is 0 Å². The van der Waals surface area contributed by atoms with E-state index < -0.39 is 0 Å². The number of carbonyl (C=O) groups excluding carboxylic acids is 2. The third-order valence-corrected chi connectivity index (χ3v) is 6.86. The van der Waals surface area contributed by atoms with Crippen molar-refractivity contribution >= 4 is 34.3 Å². The SMILES string of the molecule is CCOc1cc(C2=NN(Cc3ccc(NC(=O)c4ccncc4)cc3)C(=O)SC2CC)ccc1OC. The highest BCUT2D eigenvalue weighted by atomic mass is 32.2. The summed E-state index contributed by atoms with van der Waals surface area (Å²) in [7, 11) is 1.61. The summed E-state index contributed by atoms with van der Waals surface area (Å²) in [6.45, 7) is 4.80. The third-order valence-electron chi connectivity index (χ3n) is 5.60. The number of hydrogen-bond acceptors (Lipinski definition) is 7. The number of amides is 2. The first kappa shape index (κ1) is 25.2. The average molecular weight is 505 g/mol. The molecule has 1 aliphatic heterocycles. The third kappa shape index (κ3) is 5.85. The maximum Gasteiger partial charge on any atom is 0.302 e. The van der Waals surface area contributed by atoms with Crippen LogP contribution in [0.4, 0.5) is 10.5 Å². The number of carbonyl (C=O) groups is 2. The topological polar surface area (TPSA) is 93.1 Å². The fraction of sp³-hybridized carbons (Fsp3) is 0.259. The van der Waals surface area contributed by atoms with Crippen molar-refractivity contribution in [2.45, 2.75) is 32.1 Å². The van der Waals surface area contributed by atoms with Gasteiger partial charge in [-0.1, -0.05) is 30.8 Å². The monoisotopic (exact) mass is 504 g/mol. The van der Waals surface area contributed by atoms with Crippen LogP contribution in [0.5, 0.6) is 11.5 Å². The van der Waals surface area contributed by atoms with Crippen LogP contribution in [-0.2, 0) is 6.54 Å². The predicted octanol–water partition coefficient (Wildman–Crippen LogP) is 5.59. The fourth-order valence-corrected chi connectivity index (χ4v) is 4.70. The Labute approximate surface area is 214 Å². The summed E-state index contributed by atoms with van der Waals surface area (Å²) in [5, 5.41) is 8.96. The van der Waals surface area contributed by atoms with Gasteiger partial charge in [0.25, 0.3) is 5.91 Å². The van der Waals surface area contributed by atoms with Crippen LogP contribution in [0.15, 0.2) is 72.1 Å². The lowest BCUT2D eigenvalue weighted by atomic mass is 10.0. The Bertz CT molecular complexity index is 1250. The summed E-state index contributed by atoms with van der Waals surface area (Å²) >= 11 is 1.28.